The number of hydrogen-bond acceptors (Lipinski definition) is 2. The van der Waals surface area contributed by atoms with Crippen LogP contribution in [0.4, 0.5) is 0 Å². The summed E-state index contributed by atoms with van der Waals surface area (Å²) in [6.07, 6.45) is 7.39. The molecule has 0 rings (SSSR count). The van der Waals surface area contributed by atoms with Gasteiger partial charge >= 0.3 is 0 Å². The van der Waals surface area contributed by atoms with Gasteiger partial charge in [0.1, 0.15) is 0 Å². The summed E-state index contributed by atoms with van der Waals surface area (Å²) < 4.78 is 0. The van der Waals surface area contributed by atoms with E-state index in [1.54, 1.807) is 0 Å². The monoisotopic (exact) mass is 186 g/mol. The molecule has 2 unspecified atom stereocenters. The van der Waals surface area contributed by atoms with Gasteiger partial charge in [0.25, 0.3) is 0 Å². The van der Waals surface area contributed by atoms with Crippen molar-refractivity contribution < 1.29 is 0 Å². The molecule has 0 saturated heterocycles. The Balaban J connectivity index is 3.29. The first-order valence-electron chi connectivity index (χ1n) is 5.66. The third kappa shape index (κ3) is 8.26. The molecular weight excluding hydrogens is 160 g/mol. The van der Waals surface area contributed by atoms with Crippen molar-refractivity contribution in [2.45, 2.75) is 58.4 Å². The summed E-state index contributed by atoms with van der Waals surface area (Å²) in [7, 11) is 0. The number of hydrogen-bond donors (Lipinski definition) is 2. The van der Waals surface area contributed by atoms with Crippen LogP contribution in [-0.4, -0.2) is 12.6 Å². The number of nitrogens with two attached hydrogens (primary N) is 2. The maximum absolute atomic E-state index is 5.88. The molecule has 0 aliphatic carbocycles. The Morgan fingerprint density at radius 1 is 1.08 bits per heavy atom. The molecule has 0 aromatic rings. The van der Waals surface area contributed by atoms with Crippen LogP contribution in [0, 0.1) is 5.92 Å². The van der Waals surface area contributed by atoms with E-state index in [9.17, 15) is 0 Å². The molecule has 0 spiro atoms. The molecule has 0 aliphatic heterocycles. The van der Waals surface area contributed by atoms with Gasteiger partial charge in [-0.3, -0.25) is 0 Å². The van der Waals surface area contributed by atoms with Crippen LogP contribution in [0.15, 0.2) is 0 Å². The van der Waals surface area contributed by atoms with Crippen molar-refractivity contribution in [3.63, 3.8) is 0 Å². The molecule has 0 saturated carbocycles. The highest BCUT2D eigenvalue weighted by atomic mass is 14.6. The van der Waals surface area contributed by atoms with Crippen molar-refractivity contribution >= 4 is 0 Å². The van der Waals surface area contributed by atoms with E-state index in [0.29, 0.717) is 6.04 Å². The molecule has 4 N–H and O–H groups in total. The summed E-state index contributed by atoms with van der Waals surface area (Å²) in [5.41, 5.74) is 11.3. The molecule has 0 aliphatic rings. The summed E-state index contributed by atoms with van der Waals surface area (Å²) in [5.74, 6) is 0.837. The smallest absolute Gasteiger partial charge is 0.00509 e. The SMILES string of the molecule is CCCCC(C)CCC(N)CCN. The summed E-state index contributed by atoms with van der Waals surface area (Å²) in [6.45, 7) is 5.29. The molecule has 0 radical (unpaired) electrons. The first kappa shape index (κ1) is 12.9. The average molecular weight is 186 g/mol. The van der Waals surface area contributed by atoms with Gasteiger partial charge in [0.05, 0.1) is 0 Å². The standard InChI is InChI=1S/C11H26N2/c1-3-4-5-10(2)6-7-11(13)8-9-12/h10-11H,3-9,12-13H2,1-2H3. The van der Waals surface area contributed by atoms with Gasteiger partial charge in [-0.15, -0.1) is 0 Å². The van der Waals surface area contributed by atoms with Gasteiger partial charge in [-0.1, -0.05) is 33.1 Å². The molecule has 0 aromatic carbocycles. The van der Waals surface area contributed by atoms with E-state index in [4.69, 9.17) is 11.5 Å². The van der Waals surface area contributed by atoms with Crippen molar-refractivity contribution in [2.75, 3.05) is 6.54 Å². The molecular formula is C11H26N2. The van der Waals surface area contributed by atoms with E-state index in [0.717, 1.165) is 25.3 Å². The van der Waals surface area contributed by atoms with Gasteiger partial charge in [0.2, 0.25) is 0 Å². The van der Waals surface area contributed by atoms with Crippen LogP contribution < -0.4 is 11.5 Å². The van der Waals surface area contributed by atoms with Crippen LogP contribution in [-0.2, 0) is 0 Å². The van der Waals surface area contributed by atoms with E-state index >= 15 is 0 Å². The molecule has 80 valence electrons. The van der Waals surface area contributed by atoms with Gasteiger partial charge in [-0.2, -0.15) is 0 Å². The minimum Gasteiger partial charge on any atom is -0.330 e. The lowest BCUT2D eigenvalue weighted by Gasteiger charge is -2.14. The number of unbranched alkanes of at least 4 members (excludes halogenated alkanes) is 1. The van der Waals surface area contributed by atoms with Crippen molar-refractivity contribution in [1.82, 2.24) is 0 Å². The van der Waals surface area contributed by atoms with Gasteiger partial charge in [0, 0.05) is 6.04 Å². The average Bonchev–Trinajstić information content (AvgIpc) is 2.12. The van der Waals surface area contributed by atoms with Crippen LogP contribution in [0.5, 0.6) is 0 Å². The lowest BCUT2D eigenvalue weighted by atomic mass is 9.96. The van der Waals surface area contributed by atoms with E-state index in [-0.39, 0.29) is 0 Å². The van der Waals surface area contributed by atoms with Crippen LogP contribution in [0.1, 0.15) is 52.4 Å². The third-order valence-corrected chi connectivity index (χ3v) is 2.62. The Labute approximate surface area is 83.1 Å². The zero-order chi connectivity index (χ0) is 10.1. The van der Waals surface area contributed by atoms with Gasteiger partial charge < -0.3 is 11.5 Å². The van der Waals surface area contributed by atoms with E-state index in [1.807, 2.05) is 0 Å². The minimum absolute atomic E-state index is 0.328. The zero-order valence-electron chi connectivity index (χ0n) is 9.26. The van der Waals surface area contributed by atoms with Crippen molar-refractivity contribution in [2.24, 2.45) is 17.4 Å². The molecule has 2 nitrogen and oxygen atoms in total. The van der Waals surface area contributed by atoms with Crippen LogP contribution in [0.25, 0.3) is 0 Å². The highest BCUT2D eigenvalue weighted by Gasteiger charge is 2.05. The molecule has 0 bridgehead atoms. The maximum Gasteiger partial charge on any atom is 0.00509 e. The predicted octanol–water partition coefficient (Wildman–Crippen LogP) is 2.27. The lowest BCUT2D eigenvalue weighted by Crippen LogP contribution is -2.24. The lowest BCUT2D eigenvalue weighted by molar-refractivity contribution is 0.424. The highest BCUT2D eigenvalue weighted by Crippen LogP contribution is 2.15. The van der Waals surface area contributed by atoms with Crippen LogP contribution >= 0.6 is 0 Å². The summed E-state index contributed by atoms with van der Waals surface area (Å²) in [5, 5.41) is 0. The van der Waals surface area contributed by atoms with E-state index < -0.39 is 0 Å². The second-order valence-corrected chi connectivity index (χ2v) is 4.16. The second kappa shape index (κ2) is 8.52. The molecule has 0 heterocycles. The van der Waals surface area contributed by atoms with Crippen molar-refractivity contribution in [3.05, 3.63) is 0 Å². The quantitative estimate of drug-likeness (QED) is 0.611. The largest absolute Gasteiger partial charge is 0.330 e. The molecule has 0 amide bonds. The fraction of sp³-hybridized carbons (Fsp3) is 1.00. The first-order chi connectivity index (χ1) is 6.20. The Kier molecular flexibility index (Phi) is 8.46. The van der Waals surface area contributed by atoms with E-state index in [1.165, 1.54) is 25.7 Å². The predicted molar refractivity (Wildman–Crippen MR) is 59.6 cm³/mol. The highest BCUT2D eigenvalue weighted by molar-refractivity contribution is 4.64. The summed E-state index contributed by atoms with van der Waals surface area (Å²) in [4.78, 5) is 0. The normalized spacial score (nSPS) is 15.7. The summed E-state index contributed by atoms with van der Waals surface area (Å²) in [6, 6.07) is 0.328. The minimum atomic E-state index is 0.328. The molecule has 0 fully saturated rings. The maximum atomic E-state index is 5.88. The topological polar surface area (TPSA) is 52.0 Å². The first-order valence-corrected chi connectivity index (χ1v) is 5.66. The number of rotatable bonds is 8. The van der Waals surface area contributed by atoms with Gasteiger partial charge in [-0.05, 0) is 31.7 Å². The van der Waals surface area contributed by atoms with E-state index in [2.05, 4.69) is 13.8 Å². The second-order valence-electron chi connectivity index (χ2n) is 4.16. The Morgan fingerprint density at radius 2 is 1.77 bits per heavy atom. The Hall–Kier alpha value is -0.0800. The van der Waals surface area contributed by atoms with Gasteiger partial charge in [-0.25, -0.2) is 0 Å². The van der Waals surface area contributed by atoms with Crippen molar-refractivity contribution in [3.8, 4) is 0 Å². The fourth-order valence-corrected chi connectivity index (χ4v) is 1.55. The van der Waals surface area contributed by atoms with Gasteiger partial charge in [0.15, 0.2) is 0 Å². The zero-order valence-corrected chi connectivity index (χ0v) is 9.26. The van der Waals surface area contributed by atoms with Crippen molar-refractivity contribution in [1.29, 1.82) is 0 Å². The van der Waals surface area contributed by atoms with Crippen LogP contribution in [0.3, 0.4) is 0 Å². The fourth-order valence-electron chi connectivity index (χ4n) is 1.55. The molecule has 13 heavy (non-hydrogen) atoms. The Morgan fingerprint density at radius 3 is 2.31 bits per heavy atom. The van der Waals surface area contributed by atoms with Crippen LogP contribution in [0.2, 0.25) is 0 Å². The Bertz CT molecular complexity index is 104. The molecule has 0 aromatic heterocycles. The molecule has 2 heteroatoms. The third-order valence-electron chi connectivity index (χ3n) is 2.62. The molecule has 2 atom stereocenters. The summed E-state index contributed by atoms with van der Waals surface area (Å²) >= 11 is 0.